The zero-order valence-corrected chi connectivity index (χ0v) is 47.4. The molecule has 0 unspecified atom stereocenters. The number of allylic oxidation sites excluding steroid dienone is 2. The molecule has 0 aromatic heterocycles. The molecule has 0 aliphatic heterocycles. The molecular formula is C78H57P3. The number of rotatable bonds is 16. The molecule has 0 spiro atoms. The molecule has 0 aliphatic rings. The van der Waals surface area contributed by atoms with E-state index in [0.717, 1.165) is 43.8 Å². The molecule has 0 bridgehead atoms. The normalized spacial score (nSPS) is 11.0. The van der Waals surface area contributed by atoms with Crippen LogP contribution in [-0.2, 0) is 0 Å². The Morgan fingerprint density at radius 1 is 0.185 bits per heavy atom. The van der Waals surface area contributed by atoms with Crippen molar-refractivity contribution in [2.45, 2.75) is 0 Å². The third kappa shape index (κ3) is 12.4. The SMILES string of the molecule is C(=C(C(=C=C(c1ccc(-c2ccccc2)cc1)P(c1ccccc1)c1ccccc1)P(c1ccccc1)c1ccccc1)c1ccc(-c2ccccc2)cc1)=C(c1ccc(-c2ccccc2)cc1)P(c1ccccc1)c1ccccc1. The maximum absolute atomic E-state index is 4.56. The Balaban J connectivity index is 1.28. The van der Waals surface area contributed by atoms with Gasteiger partial charge in [-0.3, -0.25) is 0 Å². The first-order valence-corrected chi connectivity index (χ1v) is 31.4. The van der Waals surface area contributed by atoms with Crippen LogP contribution in [0.4, 0.5) is 0 Å². The number of benzene rings is 12. The summed E-state index contributed by atoms with van der Waals surface area (Å²) in [6.07, 6.45) is 0. The van der Waals surface area contributed by atoms with Crippen LogP contribution < -0.4 is 31.8 Å². The molecule has 0 saturated heterocycles. The van der Waals surface area contributed by atoms with Gasteiger partial charge >= 0.3 is 0 Å². The molecule has 12 aromatic rings. The standard InChI is InChI=1S/C78H57P3/c1-10-28-60(29-11-1)63-46-52-66(53-47-63)75(58-76(67-54-48-64(49-55-67)61-30-12-2-13-31-61)79(69-34-16-4-17-35-69)70-36-18-5-19-37-70)78(81(73-42-24-8-25-43-73)74-44-26-9-27-45-74)59-77(68-56-50-65(51-57-68)62-32-14-3-15-33-62)80(71-38-20-6-21-39-71)72-40-22-7-23-41-72/h1-57H. The molecule has 0 N–H and O–H groups in total. The van der Waals surface area contributed by atoms with Crippen LogP contribution in [0.25, 0.3) is 49.6 Å². The monoisotopic (exact) mass is 1090 g/mol. The lowest BCUT2D eigenvalue weighted by atomic mass is 9.99. The van der Waals surface area contributed by atoms with Gasteiger partial charge in [-0.1, -0.05) is 346 Å². The van der Waals surface area contributed by atoms with Crippen LogP contribution in [0.5, 0.6) is 0 Å². The minimum atomic E-state index is -1.33. The van der Waals surface area contributed by atoms with Gasteiger partial charge in [0.25, 0.3) is 0 Å². The van der Waals surface area contributed by atoms with Crippen molar-refractivity contribution in [2.24, 2.45) is 0 Å². The maximum atomic E-state index is 4.56. The zero-order chi connectivity index (χ0) is 54.4. The Morgan fingerprint density at radius 2 is 0.395 bits per heavy atom. The molecule has 3 heteroatoms. The van der Waals surface area contributed by atoms with Crippen molar-refractivity contribution in [3.8, 4) is 33.4 Å². The lowest BCUT2D eigenvalue weighted by Crippen LogP contribution is -2.15. The van der Waals surface area contributed by atoms with Gasteiger partial charge in [0, 0.05) is 21.5 Å². The van der Waals surface area contributed by atoms with Gasteiger partial charge in [-0.05, 0) is 106 Å². The van der Waals surface area contributed by atoms with E-state index in [9.17, 15) is 0 Å². The van der Waals surface area contributed by atoms with E-state index < -0.39 is 23.8 Å². The van der Waals surface area contributed by atoms with E-state index in [1.54, 1.807) is 0 Å². The van der Waals surface area contributed by atoms with Gasteiger partial charge in [-0.2, -0.15) is 0 Å². The van der Waals surface area contributed by atoms with E-state index in [1.807, 2.05) is 0 Å². The quantitative estimate of drug-likeness (QED) is 0.0514. The number of hydrogen-bond donors (Lipinski definition) is 0. The second-order valence-corrected chi connectivity index (χ2v) is 26.0. The third-order valence-corrected chi connectivity index (χ3v) is 21.6. The van der Waals surface area contributed by atoms with Crippen LogP contribution in [0.2, 0.25) is 0 Å². The van der Waals surface area contributed by atoms with Gasteiger partial charge in [0.05, 0.1) is 0 Å². The Morgan fingerprint density at radius 3 is 0.667 bits per heavy atom. The van der Waals surface area contributed by atoms with E-state index in [2.05, 4.69) is 357 Å². The minimum Gasteiger partial charge on any atom is -0.101 e. The first-order chi connectivity index (χ1) is 40.2. The highest BCUT2D eigenvalue weighted by Gasteiger charge is 2.29. The van der Waals surface area contributed by atoms with Gasteiger partial charge in [0.2, 0.25) is 0 Å². The second kappa shape index (κ2) is 25.8. The van der Waals surface area contributed by atoms with Crippen LogP contribution in [0, 0.1) is 0 Å². The van der Waals surface area contributed by atoms with E-state index in [-0.39, 0.29) is 0 Å². The molecule has 81 heavy (non-hydrogen) atoms. The average Bonchev–Trinajstić information content (AvgIpc) is 3.56. The summed E-state index contributed by atoms with van der Waals surface area (Å²) in [6.45, 7) is 0. The highest BCUT2D eigenvalue weighted by Crippen LogP contribution is 2.56. The lowest BCUT2D eigenvalue weighted by molar-refractivity contribution is 1.57. The van der Waals surface area contributed by atoms with Crippen molar-refractivity contribution >= 4 is 71.8 Å². The summed E-state index contributed by atoms with van der Waals surface area (Å²) in [5, 5.41) is 10.8. The topological polar surface area (TPSA) is 0 Å². The fraction of sp³-hybridized carbons (Fsp3) is 0. The van der Waals surface area contributed by atoms with Gasteiger partial charge in [0.1, 0.15) is 0 Å². The van der Waals surface area contributed by atoms with E-state index >= 15 is 0 Å². The van der Waals surface area contributed by atoms with Crippen molar-refractivity contribution in [3.63, 3.8) is 0 Å². The fourth-order valence-electron chi connectivity index (χ4n) is 10.3. The van der Waals surface area contributed by atoms with Crippen LogP contribution in [0.15, 0.2) is 363 Å². The van der Waals surface area contributed by atoms with E-state index in [1.165, 1.54) is 59.6 Å². The smallest absolute Gasteiger partial charge is 0.0427 e. The molecule has 384 valence electrons. The summed E-state index contributed by atoms with van der Waals surface area (Å²) in [7, 11) is -3.73. The third-order valence-electron chi connectivity index (χ3n) is 14.3. The molecule has 0 saturated carbocycles. The first kappa shape index (κ1) is 52.7. The molecule has 0 radical (unpaired) electrons. The lowest BCUT2D eigenvalue weighted by Gasteiger charge is -2.26. The van der Waals surface area contributed by atoms with E-state index in [0.29, 0.717) is 0 Å². The predicted molar refractivity (Wildman–Crippen MR) is 354 cm³/mol. The van der Waals surface area contributed by atoms with Crippen LogP contribution in [0.1, 0.15) is 16.7 Å². The first-order valence-electron chi connectivity index (χ1n) is 27.4. The van der Waals surface area contributed by atoms with E-state index in [4.69, 9.17) is 0 Å². The highest BCUT2D eigenvalue weighted by atomic mass is 31.1. The average molecular weight is 1090 g/mol. The molecule has 0 nitrogen and oxygen atoms in total. The van der Waals surface area contributed by atoms with Crippen LogP contribution >= 0.6 is 23.8 Å². The molecular weight excluding hydrogens is 1030 g/mol. The van der Waals surface area contributed by atoms with Gasteiger partial charge in [-0.25, -0.2) is 0 Å². The summed E-state index contributed by atoms with van der Waals surface area (Å²) >= 11 is 0. The van der Waals surface area contributed by atoms with Crippen molar-refractivity contribution in [1.82, 2.24) is 0 Å². The summed E-state index contributed by atoms with van der Waals surface area (Å²) < 4.78 is 0. The molecule has 0 amide bonds. The molecule has 0 fully saturated rings. The predicted octanol–water partition coefficient (Wildman–Crippen LogP) is 18.6. The van der Waals surface area contributed by atoms with Crippen LogP contribution in [0.3, 0.4) is 0 Å². The summed E-state index contributed by atoms with van der Waals surface area (Å²) in [5.41, 5.74) is 20.4. The molecule has 0 aliphatic carbocycles. The summed E-state index contributed by atoms with van der Waals surface area (Å²) in [4.78, 5) is 0. The zero-order valence-electron chi connectivity index (χ0n) is 44.8. The fourth-order valence-corrected chi connectivity index (χ4v) is 17.5. The maximum Gasteiger partial charge on any atom is 0.0427 e. The minimum absolute atomic E-state index is 1.00. The number of hydrogen-bond acceptors (Lipinski definition) is 0. The Hall–Kier alpha value is -9.03. The van der Waals surface area contributed by atoms with Crippen molar-refractivity contribution in [1.29, 1.82) is 0 Å². The van der Waals surface area contributed by atoms with Crippen molar-refractivity contribution < 1.29 is 0 Å². The summed E-state index contributed by atoms with van der Waals surface area (Å²) in [5.74, 6) is 0. The highest BCUT2D eigenvalue weighted by molar-refractivity contribution is 7.83. The molecule has 12 rings (SSSR count). The van der Waals surface area contributed by atoms with Gasteiger partial charge in [0.15, 0.2) is 0 Å². The molecule has 12 aromatic carbocycles. The second-order valence-electron chi connectivity index (χ2n) is 19.5. The molecule has 0 atom stereocenters. The Kier molecular flexibility index (Phi) is 16.8. The Labute approximate surface area is 481 Å². The van der Waals surface area contributed by atoms with Crippen molar-refractivity contribution in [3.05, 3.63) is 379 Å². The van der Waals surface area contributed by atoms with Gasteiger partial charge in [-0.15, -0.1) is 11.5 Å². The van der Waals surface area contributed by atoms with Crippen molar-refractivity contribution in [2.75, 3.05) is 0 Å². The molecule has 0 heterocycles. The Bertz CT molecular complexity index is 3970. The van der Waals surface area contributed by atoms with Gasteiger partial charge < -0.3 is 0 Å². The summed E-state index contributed by atoms with van der Waals surface area (Å²) in [6, 6.07) is 126. The van der Waals surface area contributed by atoms with Crippen LogP contribution in [-0.4, -0.2) is 0 Å². The largest absolute Gasteiger partial charge is 0.101 e.